The number of halogens is 3. The second-order valence-electron chi connectivity index (χ2n) is 9.11. The lowest BCUT2D eigenvalue weighted by molar-refractivity contribution is -0.306. The zero-order valence-corrected chi connectivity index (χ0v) is 20.5. The second kappa shape index (κ2) is 11.8. The molecule has 0 fully saturated rings. The zero-order valence-electron chi connectivity index (χ0n) is 20.5. The highest BCUT2D eigenvalue weighted by Gasteiger charge is 2.33. The van der Waals surface area contributed by atoms with Gasteiger partial charge in [0.05, 0.1) is 24.1 Å². The van der Waals surface area contributed by atoms with Gasteiger partial charge in [-0.3, -0.25) is 0 Å². The lowest BCUT2D eigenvalue weighted by atomic mass is 9.83. The molecule has 192 valence electrons. The van der Waals surface area contributed by atoms with Gasteiger partial charge >= 0.3 is 6.36 Å². The summed E-state index contributed by atoms with van der Waals surface area (Å²) in [6.45, 7) is 8.54. The molecular weight excluding hydrogens is 459 g/mol. The van der Waals surface area contributed by atoms with Crippen LogP contribution in [0.3, 0.4) is 0 Å². The summed E-state index contributed by atoms with van der Waals surface area (Å²) in [5.74, 6) is 0.745. The highest BCUT2D eigenvalue weighted by molar-refractivity contribution is 5.49. The van der Waals surface area contributed by atoms with Crippen molar-refractivity contribution in [2.45, 2.75) is 77.7 Å². The number of rotatable bonds is 10. The van der Waals surface area contributed by atoms with Crippen molar-refractivity contribution < 1.29 is 27.8 Å². The second-order valence-corrected chi connectivity index (χ2v) is 9.11. The van der Waals surface area contributed by atoms with Gasteiger partial charge in [0.25, 0.3) is 0 Å². The molecule has 1 aliphatic rings. The van der Waals surface area contributed by atoms with Crippen LogP contribution in [-0.4, -0.2) is 35.2 Å². The van der Waals surface area contributed by atoms with Gasteiger partial charge in [0, 0.05) is 18.5 Å². The van der Waals surface area contributed by atoms with Crippen LogP contribution in [-0.2, 0) is 9.47 Å². The number of nitrogens with zero attached hydrogens (tertiary/aromatic N) is 1. The minimum absolute atomic E-state index is 0.0309. The van der Waals surface area contributed by atoms with Gasteiger partial charge in [-0.25, -0.2) is 4.98 Å². The number of hydrogen-bond donors (Lipinski definition) is 3. The molecule has 0 radical (unpaired) electrons. The number of ether oxygens (including phenoxy) is 2. The Hall–Kier alpha value is -2.78. The molecule has 35 heavy (non-hydrogen) atoms. The van der Waals surface area contributed by atoms with Crippen molar-refractivity contribution in [3.63, 3.8) is 0 Å². The lowest BCUT2D eigenvalue weighted by Crippen LogP contribution is -2.23. The Labute approximate surface area is 204 Å². The maximum atomic E-state index is 12.5. The summed E-state index contributed by atoms with van der Waals surface area (Å²) >= 11 is 0. The van der Waals surface area contributed by atoms with Crippen LogP contribution < -0.4 is 10.6 Å². The number of pyridine rings is 1. The van der Waals surface area contributed by atoms with Gasteiger partial charge in [0.2, 0.25) is 0 Å². The van der Waals surface area contributed by atoms with E-state index in [1.165, 1.54) is 6.08 Å². The van der Waals surface area contributed by atoms with E-state index in [0.717, 1.165) is 11.1 Å². The molecule has 0 aliphatic heterocycles. The Balaban J connectivity index is 1.60. The standard InChI is InChI=1S/C26H34F3N3O3/c1-16(2)34-17(3)14-30-24-13-10-20(15-31-24)32-25(33)23-7-5-6-22(18(23)4)19-8-11-21(12-9-19)35-26(27,28)29/h5-7,10-11,13,15-17,19,25,32-33H,8-9,12,14H2,1-4H3,(H,30,31)/t17-,19?,25?/m0/s1. The first kappa shape index (κ1) is 26.8. The van der Waals surface area contributed by atoms with E-state index >= 15 is 0 Å². The summed E-state index contributed by atoms with van der Waals surface area (Å²) in [6, 6.07) is 9.33. The largest absolute Gasteiger partial charge is 0.572 e. The first-order valence-electron chi connectivity index (χ1n) is 11.9. The highest BCUT2D eigenvalue weighted by atomic mass is 19.4. The first-order valence-corrected chi connectivity index (χ1v) is 11.9. The van der Waals surface area contributed by atoms with Crippen LogP contribution >= 0.6 is 0 Å². The molecule has 0 bridgehead atoms. The van der Waals surface area contributed by atoms with Crippen molar-refractivity contribution in [2.75, 3.05) is 17.2 Å². The Morgan fingerprint density at radius 2 is 1.94 bits per heavy atom. The van der Waals surface area contributed by atoms with Crippen LogP contribution in [0.15, 0.2) is 48.4 Å². The van der Waals surface area contributed by atoms with E-state index in [-0.39, 0.29) is 30.3 Å². The number of allylic oxidation sites excluding steroid dienone is 2. The predicted molar refractivity (Wildman–Crippen MR) is 130 cm³/mol. The van der Waals surface area contributed by atoms with Gasteiger partial charge < -0.3 is 25.2 Å². The molecule has 0 saturated heterocycles. The maximum Gasteiger partial charge on any atom is 0.572 e. The number of benzene rings is 1. The van der Waals surface area contributed by atoms with E-state index in [9.17, 15) is 18.3 Å². The van der Waals surface area contributed by atoms with E-state index in [1.807, 2.05) is 58.0 Å². The predicted octanol–water partition coefficient (Wildman–Crippen LogP) is 6.41. The maximum absolute atomic E-state index is 12.5. The topological polar surface area (TPSA) is 75.6 Å². The Bertz CT molecular complexity index is 994. The summed E-state index contributed by atoms with van der Waals surface area (Å²) in [7, 11) is 0. The van der Waals surface area contributed by atoms with E-state index in [2.05, 4.69) is 20.4 Å². The van der Waals surface area contributed by atoms with Gasteiger partial charge in [-0.05, 0) is 75.8 Å². The molecule has 3 atom stereocenters. The molecule has 2 unspecified atom stereocenters. The van der Waals surface area contributed by atoms with E-state index in [4.69, 9.17) is 4.74 Å². The molecule has 0 spiro atoms. The number of hydrogen-bond acceptors (Lipinski definition) is 6. The molecule has 3 rings (SSSR count). The van der Waals surface area contributed by atoms with Crippen LogP contribution in [0.2, 0.25) is 0 Å². The summed E-state index contributed by atoms with van der Waals surface area (Å²) in [5, 5.41) is 17.1. The average molecular weight is 494 g/mol. The number of aliphatic hydroxyl groups excluding tert-OH is 1. The number of aromatic nitrogens is 1. The summed E-state index contributed by atoms with van der Waals surface area (Å²) < 4.78 is 47.2. The van der Waals surface area contributed by atoms with Crippen molar-refractivity contribution in [3.8, 4) is 0 Å². The summed E-state index contributed by atoms with van der Waals surface area (Å²) in [4.78, 5) is 4.38. The molecule has 0 amide bonds. The Kier molecular flexibility index (Phi) is 9.02. The minimum atomic E-state index is -4.66. The van der Waals surface area contributed by atoms with E-state index in [1.54, 1.807) is 6.20 Å². The lowest BCUT2D eigenvalue weighted by Gasteiger charge is -2.26. The van der Waals surface area contributed by atoms with Crippen molar-refractivity contribution in [1.82, 2.24) is 4.98 Å². The van der Waals surface area contributed by atoms with Gasteiger partial charge in [0.1, 0.15) is 11.6 Å². The monoisotopic (exact) mass is 493 g/mol. The van der Waals surface area contributed by atoms with Crippen LogP contribution in [0.25, 0.3) is 0 Å². The third-order valence-electron chi connectivity index (χ3n) is 5.91. The molecule has 2 aromatic rings. The summed E-state index contributed by atoms with van der Waals surface area (Å²) in [6.07, 6.45) is -1.02. The fourth-order valence-corrected chi connectivity index (χ4v) is 4.32. The molecule has 1 aliphatic carbocycles. The molecule has 3 N–H and O–H groups in total. The zero-order chi connectivity index (χ0) is 25.6. The van der Waals surface area contributed by atoms with E-state index in [0.29, 0.717) is 36.5 Å². The fraction of sp³-hybridized carbons (Fsp3) is 0.500. The third kappa shape index (κ3) is 8.14. The average Bonchev–Trinajstić information content (AvgIpc) is 2.78. The third-order valence-corrected chi connectivity index (χ3v) is 5.91. The normalized spacial score (nSPS) is 18.1. The molecule has 9 heteroatoms. The minimum Gasteiger partial charge on any atom is -0.411 e. The van der Waals surface area contributed by atoms with Crippen molar-refractivity contribution in [3.05, 3.63) is 65.1 Å². The number of anilines is 2. The van der Waals surface area contributed by atoms with Gasteiger partial charge in [0.15, 0.2) is 6.23 Å². The van der Waals surface area contributed by atoms with Crippen LogP contribution in [0, 0.1) is 6.92 Å². The molecule has 1 aromatic heterocycles. The van der Waals surface area contributed by atoms with Crippen LogP contribution in [0.1, 0.15) is 68.9 Å². The Morgan fingerprint density at radius 1 is 1.17 bits per heavy atom. The fourth-order valence-electron chi connectivity index (χ4n) is 4.32. The molecule has 1 heterocycles. The molecule has 1 aromatic carbocycles. The van der Waals surface area contributed by atoms with Gasteiger partial charge in [-0.2, -0.15) is 0 Å². The molecule has 6 nitrogen and oxygen atoms in total. The Morgan fingerprint density at radius 3 is 2.54 bits per heavy atom. The number of alkyl halides is 3. The van der Waals surface area contributed by atoms with Crippen LogP contribution in [0.5, 0.6) is 0 Å². The highest BCUT2D eigenvalue weighted by Crippen LogP contribution is 2.37. The van der Waals surface area contributed by atoms with E-state index < -0.39 is 12.6 Å². The summed E-state index contributed by atoms with van der Waals surface area (Å²) in [5.41, 5.74) is 3.30. The van der Waals surface area contributed by atoms with Crippen molar-refractivity contribution in [2.24, 2.45) is 0 Å². The number of nitrogens with one attached hydrogen (secondary N) is 2. The quantitative estimate of drug-likeness (QED) is 0.332. The van der Waals surface area contributed by atoms with Crippen LogP contribution in [0.4, 0.5) is 24.7 Å². The smallest absolute Gasteiger partial charge is 0.411 e. The molecule has 0 saturated carbocycles. The SMILES string of the molecule is Cc1c(C2CC=C(OC(F)(F)F)CC2)cccc1C(O)Nc1ccc(NC[C@H](C)OC(C)C)nc1. The van der Waals surface area contributed by atoms with Gasteiger partial charge in [-0.1, -0.05) is 18.2 Å². The van der Waals surface area contributed by atoms with Gasteiger partial charge in [-0.15, -0.1) is 13.2 Å². The first-order chi connectivity index (χ1) is 16.5. The van der Waals surface area contributed by atoms with Crippen molar-refractivity contribution >= 4 is 11.5 Å². The molecular formula is C26H34F3N3O3. The van der Waals surface area contributed by atoms with Crippen molar-refractivity contribution in [1.29, 1.82) is 0 Å². The number of aliphatic hydroxyl groups is 1.